The standard InChI is InChI=1S/C26H29N5/c1-2-27-28-17-11-5-3-4-6-12-18-31-20-26(29-30-31)25-19-21-13-7-8-14-22(21)23-15-9-10-16-24(23)25/h2,7-10,13-16,19-20H,1,3-6,11-12,17-18H2. The summed E-state index contributed by atoms with van der Waals surface area (Å²) >= 11 is 0. The van der Waals surface area contributed by atoms with Gasteiger partial charge in [0.05, 0.1) is 12.7 Å². The van der Waals surface area contributed by atoms with Crippen molar-refractivity contribution in [2.24, 2.45) is 10.2 Å². The highest BCUT2D eigenvalue weighted by Gasteiger charge is 2.11. The summed E-state index contributed by atoms with van der Waals surface area (Å²) in [6, 6.07) is 19.3. The van der Waals surface area contributed by atoms with Crippen LogP contribution in [0.4, 0.5) is 0 Å². The summed E-state index contributed by atoms with van der Waals surface area (Å²) in [5, 5.41) is 21.7. The molecule has 0 fully saturated rings. The summed E-state index contributed by atoms with van der Waals surface area (Å²) < 4.78 is 1.98. The minimum atomic E-state index is 0.803. The Labute approximate surface area is 183 Å². The number of aryl methyl sites for hydroxylation is 1. The molecule has 4 rings (SSSR count). The minimum Gasteiger partial charge on any atom is -0.252 e. The number of hydrogen-bond donors (Lipinski definition) is 0. The van der Waals surface area contributed by atoms with Crippen LogP contribution in [0.3, 0.4) is 0 Å². The lowest BCUT2D eigenvalue weighted by Crippen LogP contribution is -1.98. The second kappa shape index (κ2) is 10.6. The van der Waals surface area contributed by atoms with Crippen molar-refractivity contribution in [1.29, 1.82) is 0 Å². The smallest absolute Gasteiger partial charge is 0.113 e. The van der Waals surface area contributed by atoms with Gasteiger partial charge in [-0.3, -0.25) is 4.68 Å². The van der Waals surface area contributed by atoms with Crippen LogP contribution < -0.4 is 0 Å². The lowest BCUT2D eigenvalue weighted by molar-refractivity contribution is 0.514. The number of nitrogens with zero attached hydrogens (tertiary/aromatic N) is 5. The molecule has 0 aliphatic rings. The number of hydrogen-bond acceptors (Lipinski definition) is 4. The molecule has 0 aliphatic heterocycles. The predicted octanol–water partition coefficient (Wildman–Crippen LogP) is 7.19. The Morgan fingerprint density at radius 1 is 0.839 bits per heavy atom. The van der Waals surface area contributed by atoms with Crippen LogP contribution in [0.5, 0.6) is 0 Å². The zero-order valence-corrected chi connectivity index (χ0v) is 18.0. The van der Waals surface area contributed by atoms with Crippen molar-refractivity contribution >= 4 is 21.5 Å². The number of rotatable bonds is 11. The van der Waals surface area contributed by atoms with E-state index in [4.69, 9.17) is 0 Å². The molecular weight excluding hydrogens is 382 g/mol. The fourth-order valence-electron chi connectivity index (χ4n) is 4.08. The Hall–Kier alpha value is -3.34. The average molecular weight is 412 g/mol. The van der Waals surface area contributed by atoms with Gasteiger partial charge < -0.3 is 0 Å². The molecule has 1 heterocycles. The maximum absolute atomic E-state index is 4.49. The number of aromatic nitrogens is 3. The van der Waals surface area contributed by atoms with E-state index >= 15 is 0 Å². The summed E-state index contributed by atoms with van der Waals surface area (Å²) in [7, 11) is 0. The molecular formula is C26H29N5. The van der Waals surface area contributed by atoms with Crippen LogP contribution in [0.15, 0.2) is 83.8 Å². The van der Waals surface area contributed by atoms with E-state index in [-0.39, 0.29) is 0 Å². The molecule has 0 radical (unpaired) electrons. The van der Waals surface area contributed by atoms with Crippen molar-refractivity contribution in [2.45, 2.75) is 45.1 Å². The molecule has 0 unspecified atom stereocenters. The van der Waals surface area contributed by atoms with Crippen molar-refractivity contribution in [2.75, 3.05) is 6.54 Å². The van der Waals surface area contributed by atoms with Crippen LogP contribution in [-0.2, 0) is 6.54 Å². The third kappa shape index (κ3) is 5.23. The Balaban J connectivity index is 1.35. The largest absolute Gasteiger partial charge is 0.252 e. The summed E-state index contributed by atoms with van der Waals surface area (Å²) in [6.45, 7) is 5.24. The Morgan fingerprint density at radius 2 is 1.55 bits per heavy atom. The average Bonchev–Trinajstić information content (AvgIpc) is 3.28. The van der Waals surface area contributed by atoms with Gasteiger partial charge in [-0.05, 0) is 40.5 Å². The van der Waals surface area contributed by atoms with Gasteiger partial charge in [-0.1, -0.05) is 86.0 Å². The molecule has 0 atom stereocenters. The molecule has 0 saturated carbocycles. The monoisotopic (exact) mass is 411 g/mol. The summed E-state index contributed by atoms with van der Waals surface area (Å²) in [5.41, 5.74) is 2.09. The van der Waals surface area contributed by atoms with Crippen molar-refractivity contribution in [3.8, 4) is 11.3 Å². The fourth-order valence-corrected chi connectivity index (χ4v) is 4.08. The Morgan fingerprint density at radius 3 is 2.39 bits per heavy atom. The maximum atomic E-state index is 4.49. The first-order chi connectivity index (χ1) is 15.4. The highest BCUT2D eigenvalue weighted by molar-refractivity contribution is 6.13. The molecule has 0 bridgehead atoms. The molecule has 5 heteroatoms. The van der Waals surface area contributed by atoms with Crippen LogP contribution in [0.25, 0.3) is 32.8 Å². The van der Waals surface area contributed by atoms with Crippen molar-refractivity contribution in [1.82, 2.24) is 15.0 Å². The highest BCUT2D eigenvalue weighted by atomic mass is 15.4. The maximum Gasteiger partial charge on any atom is 0.113 e. The molecule has 31 heavy (non-hydrogen) atoms. The SMILES string of the molecule is C=CN=NCCCCCCCCn1cc(-c2cc3ccccc3c3ccccc23)nn1. The van der Waals surface area contributed by atoms with Gasteiger partial charge in [0, 0.05) is 18.3 Å². The van der Waals surface area contributed by atoms with Crippen molar-refractivity contribution < 1.29 is 0 Å². The highest BCUT2D eigenvalue weighted by Crippen LogP contribution is 2.33. The molecule has 0 saturated heterocycles. The van der Waals surface area contributed by atoms with E-state index in [1.54, 1.807) is 0 Å². The van der Waals surface area contributed by atoms with Crippen LogP contribution in [0.1, 0.15) is 38.5 Å². The Bertz CT molecular complexity index is 1170. The number of unbranched alkanes of at least 4 members (excludes halogenated alkanes) is 5. The van der Waals surface area contributed by atoms with Gasteiger partial charge in [0.1, 0.15) is 5.69 Å². The minimum absolute atomic E-state index is 0.803. The molecule has 0 N–H and O–H groups in total. The van der Waals surface area contributed by atoms with Gasteiger partial charge in [-0.2, -0.15) is 10.2 Å². The molecule has 0 spiro atoms. The molecule has 1 aromatic heterocycles. The van der Waals surface area contributed by atoms with E-state index in [1.165, 1.54) is 53.4 Å². The van der Waals surface area contributed by atoms with Gasteiger partial charge in [0.15, 0.2) is 0 Å². The van der Waals surface area contributed by atoms with Gasteiger partial charge >= 0.3 is 0 Å². The fraction of sp³-hybridized carbons (Fsp3) is 0.308. The normalized spacial score (nSPS) is 11.6. The van der Waals surface area contributed by atoms with Crippen LogP contribution in [0.2, 0.25) is 0 Å². The second-order valence-corrected chi connectivity index (χ2v) is 7.84. The summed E-state index contributed by atoms with van der Waals surface area (Å²) in [4.78, 5) is 0. The number of azo groups is 1. The summed E-state index contributed by atoms with van der Waals surface area (Å²) in [5.74, 6) is 0. The van der Waals surface area contributed by atoms with Crippen LogP contribution in [0, 0.1) is 0 Å². The van der Waals surface area contributed by atoms with Gasteiger partial charge in [-0.15, -0.1) is 5.10 Å². The molecule has 5 nitrogen and oxygen atoms in total. The zero-order chi connectivity index (χ0) is 21.3. The third-order valence-electron chi connectivity index (χ3n) is 5.64. The predicted molar refractivity (Wildman–Crippen MR) is 128 cm³/mol. The Kier molecular flexibility index (Phi) is 7.16. The van der Waals surface area contributed by atoms with Gasteiger partial charge in [0.2, 0.25) is 0 Å². The topological polar surface area (TPSA) is 55.4 Å². The van der Waals surface area contributed by atoms with E-state index in [9.17, 15) is 0 Å². The summed E-state index contributed by atoms with van der Waals surface area (Å²) in [6.07, 6.45) is 10.7. The van der Waals surface area contributed by atoms with E-state index in [1.807, 2.05) is 4.68 Å². The van der Waals surface area contributed by atoms with Gasteiger partial charge in [0.25, 0.3) is 0 Å². The van der Waals surface area contributed by atoms with E-state index in [0.717, 1.165) is 37.2 Å². The lowest BCUT2D eigenvalue weighted by atomic mass is 9.96. The molecule has 0 amide bonds. The number of fused-ring (bicyclic) bond motifs is 3. The quantitative estimate of drug-likeness (QED) is 0.149. The second-order valence-electron chi connectivity index (χ2n) is 7.84. The molecule has 3 aromatic carbocycles. The first-order valence-corrected chi connectivity index (χ1v) is 11.2. The molecule has 4 aromatic rings. The van der Waals surface area contributed by atoms with Crippen molar-refractivity contribution in [3.63, 3.8) is 0 Å². The molecule has 158 valence electrons. The van der Waals surface area contributed by atoms with Crippen LogP contribution >= 0.6 is 0 Å². The zero-order valence-electron chi connectivity index (χ0n) is 18.0. The van der Waals surface area contributed by atoms with Crippen LogP contribution in [-0.4, -0.2) is 21.5 Å². The van der Waals surface area contributed by atoms with Gasteiger partial charge in [-0.25, -0.2) is 0 Å². The molecule has 0 aliphatic carbocycles. The third-order valence-corrected chi connectivity index (χ3v) is 5.64. The lowest BCUT2D eigenvalue weighted by Gasteiger charge is -2.08. The first-order valence-electron chi connectivity index (χ1n) is 11.2. The van der Waals surface area contributed by atoms with E-state index < -0.39 is 0 Å². The van der Waals surface area contributed by atoms with E-state index in [2.05, 4.69) is 87.9 Å². The van der Waals surface area contributed by atoms with Crippen molar-refractivity contribution in [3.05, 3.63) is 73.6 Å². The first kappa shape index (κ1) is 20.9. The van der Waals surface area contributed by atoms with E-state index in [0.29, 0.717) is 0 Å². The number of benzene rings is 3.